The quantitative estimate of drug-likeness (QED) is 0.717. The molecule has 0 amide bonds. The molecule has 5 nitrogen and oxygen atoms in total. The summed E-state index contributed by atoms with van der Waals surface area (Å²) in [5.41, 5.74) is 0. The first kappa shape index (κ1) is 8.43. The van der Waals surface area contributed by atoms with Crippen LogP contribution in [-0.2, 0) is 16.3 Å². The van der Waals surface area contributed by atoms with Gasteiger partial charge in [-0.2, -0.15) is 5.10 Å². The van der Waals surface area contributed by atoms with Crippen molar-refractivity contribution in [1.29, 1.82) is 0 Å². The molecule has 1 atom stereocenters. The summed E-state index contributed by atoms with van der Waals surface area (Å²) in [5.74, 6) is 0.522. The summed E-state index contributed by atoms with van der Waals surface area (Å²) >= 11 is 0. The summed E-state index contributed by atoms with van der Waals surface area (Å²) < 4.78 is 22.6. The molecule has 13 heavy (non-hydrogen) atoms. The van der Waals surface area contributed by atoms with E-state index in [0.717, 1.165) is 0 Å². The van der Waals surface area contributed by atoms with E-state index >= 15 is 0 Å². The lowest BCUT2D eigenvalue weighted by atomic mass is 10.2. The van der Waals surface area contributed by atoms with Crippen LogP contribution in [0.4, 0.5) is 0 Å². The van der Waals surface area contributed by atoms with Gasteiger partial charge in [0.15, 0.2) is 15.7 Å². The molecule has 1 aromatic heterocycles. The van der Waals surface area contributed by atoms with Gasteiger partial charge >= 0.3 is 0 Å². The van der Waals surface area contributed by atoms with Crippen molar-refractivity contribution in [3.8, 4) is 0 Å². The smallest absolute Gasteiger partial charge is 0.175 e. The van der Waals surface area contributed by atoms with E-state index in [1.165, 1.54) is 11.7 Å². The van der Waals surface area contributed by atoms with E-state index in [0.29, 0.717) is 12.2 Å². The molecule has 0 spiro atoms. The van der Waals surface area contributed by atoms with Crippen LogP contribution in [-0.4, -0.2) is 28.8 Å². The summed E-state index contributed by atoms with van der Waals surface area (Å²) in [6, 6.07) is 0. The summed E-state index contributed by atoms with van der Waals surface area (Å²) in [4.78, 5) is 3.87. The molecule has 1 aliphatic rings. The van der Waals surface area contributed by atoms with Crippen molar-refractivity contribution in [2.24, 2.45) is 0 Å². The zero-order chi connectivity index (χ0) is 9.31. The Labute approximate surface area is 75.8 Å². The highest BCUT2D eigenvalue weighted by Gasteiger charge is 2.27. The first-order valence-electron chi connectivity index (χ1n) is 3.78. The third-order valence-corrected chi connectivity index (χ3v) is 3.57. The van der Waals surface area contributed by atoms with Crippen LogP contribution >= 0.6 is 0 Å². The maximum Gasteiger partial charge on any atom is 0.175 e. The lowest BCUT2D eigenvalue weighted by Gasteiger charge is -2.04. The minimum Gasteiger partial charge on any atom is -0.266 e. The van der Waals surface area contributed by atoms with Crippen LogP contribution < -0.4 is 0 Å². The number of aromatic amines is 1. The van der Waals surface area contributed by atoms with Crippen molar-refractivity contribution in [2.75, 3.05) is 0 Å². The number of hydrogen-bond acceptors (Lipinski definition) is 4. The predicted molar refractivity (Wildman–Crippen MR) is 46.2 cm³/mol. The second kappa shape index (κ2) is 2.95. The number of nitrogens with one attached hydrogen (secondary N) is 1. The third-order valence-electron chi connectivity index (χ3n) is 1.86. The van der Waals surface area contributed by atoms with Crippen molar-refractivity contribution >= 4 is 9.84 Å². The number of hydrogen-bond donors (Lipinski definition) is 1. The second-order valence-corrected chi connectivity index (χ2v) is 4.82. The molecule has 1 N–H and O–H groups in total. The van der Waals surface area contributed by atoms with E-state index in [1.807, 2.05) is 0 Å². The van der Waals surface area contributed by atoms with Crippen molar-refractivity contribution in [2.45, 2.75) is 11.7 Å². The van der Waals surface area contributed by atoms with E-state index in [1.54, 1.807) is 12.5 Å². The summed E-state index contributed by atoms with van der Waals surface area (Å²) in [7, 11) is -3.09. The Balaban J connectivity index is 2.13. The lowest BCUT2D eigenvalue weighted by Crippen LogP contribution is -2.18. The second-order valence-electron chi connectivity index (χ2n) is 2.77. The molecule has 2 heterocycles. The highest BCUT2D eigenvalue weighted by molar-refractivity contribution is 7.95. The topological polar surface area (TPSA) is 75.7 Å². The fraction of sp³-hybridized carbons (Fsp3) is 0.286. The molecule has 0 aliphatic carbocycles. The Morgan fingerprint density at radius 2 is 2.38 bits per heavy atom. The molecule has 1 aliphatic heterocycles. The van der Waals surface area contributed by atoms with Crippen LogP contribution in [0.2, 0.25) is 0 Å². The molecule has 2 rings (SSSR count). The van der Waals surface area contributed by atoms with Crippen molar-refractivity contribution in [3.05, 3.63) is 30.1 Å². The van der Waals surface area contributed by atoms with E-state index in [-0.39, 0.29) is 0 Å². The van der Waals surface area contributed by atoms with Gasteiger partial charge in [-0.15, -0.1) is 0 Å². The predicted octanol–water partition coefficient (Wildman–Crippen LogP) is -0.138. The first-order chi connectivity index (χ1) is 6.18. The molecule has 0 saturated heterocycles. The number of H-pyrrole nitrogens is 1. The van der Waals surface area contributed by atoms with Gasteiger partial charge in [0.25, 0.3) is 0 Å². The average molecular weight is 198 g/mol. The molecule has 1 radical (unpaired) electrons. The van der Waals surface area contributed by atoms with Gasteiger partial charge in [0.05, 0.1) is 5.25 Å². The van der Waals surface area contributed by atoms with Gasteiger partial charge < -0.3 is 0 Å². The number of rotatable bonds is 2. The normalized spacial score (nSPS) is 25.1. The maximum atomic E-state index is 11.3. The molecule has 0 aromatic carbocycles. The Morgan fingerprint density at radius 3 is 2.92 bits per heavy atom. The van der Waals surface area contributed by atoms with Crippen LogP contribution in [0.1, 0.15) is 5.82 Å². The summed E-state index contributed by atoms with van der Waals surface area (Å²) in [5, 5.41) is 7.05. The average Bonchev–Trinajstić information content (AvgIpc) is 2.63. The molecule has 0 fully saturated rings. The number of aromatic nitrogens is 3. The van der Waals surface area contributed by atoms with Crippen LogP contribution in [0.3, 0.4) is 0 Å². The number of sulfone groups is 1. The molecule has 6 heteroatoms. The number of allylic oxidation sites excluding steroid dienone is 1. The van der Waals surface area contributed by atoms with Crippen molar-refractivity contribution in [3.63, 3.8) is 0 Å². The zero-order valence-electron chi connectivity index (χ0n) is 6.71. The monoisotopic (exact) mass is 198 g/mol. The van der Waals surface area contributed by atoms with Gasteiger partial charge in [-0.25, -0.2) is 13.4 Å². The minimum atomic E-state index is -3.09. The van der Waals surface area contributed by atoms with Gasteiger partial charge in [-0.1, -0.05) is 6.08 Å². The Morgan fingerprint density at radius 1 is 1.54 bits per heavy atom. The largest absolute Gasteiger partial charge is 0.266 e. The minimum absolute atomic E-state index is 0.332. The van der Waals surface area contributed by atoms with E-state index in [4.69, 9.17) is 0 Å². The molecule has 0 bridgehead atoms. The third kappa shape index (κ3) is 1.62. The highest BCUT2D eigenvalue weighted by atomic mass is 32.2. The van der Waals surface area contributed by atoms with Crippen LogP contribution in [0.15, 0.2) is 17.8 Å². The number of nitrogens with zero attached hydrogens (tertiary/aromatic N) is 2. The van der Waals surface area contributed by atoms with Crippen LogP contribution in [0.5, 0.6) is 0 Å². The molecule has 1 aromatic rings. The Bertz CT molecular complexity index is 407. The molecule has 69 valence electrons. The van der Waals surface area contributed by atoms with Gasteiger partial charge in [-0.3, -0.25) is 5.10 Å². The van der Waals surface area contributed by atoms with E-state index in [2.05, 4.69) is 15.2 Å². The highest BCUT2D eigenvalue weighted by Crippen LogP contribution is 2.18. The maximum absolute atomic E-state index is 11.3. The van der Waals surface area contributed by atoms with Gasteiger partial charge in [0.1, 0.15) is 6.33 Å². The first-order valence-corrected chi connectivity index (χ1v) is 5.39. The summed E-state index contributed by atoms with van der Waals surface area (Å²) in [6.07, 6.45) is 4.96. The Hall–Kier alpha value is -1.17. The molecule has 0 saturated carbocycles. The van der Waals surface area contributed by atoms with Crippen LogP contribution in [0, 0.1) is 6.42 Å². The fourth-order valence-electron chi connectivity index (χ4n) is 1.19. The van der Waals surface area contributed by atoms with Gasteiger partial charge in [0, 0.05) is 18.2 Å². The van der Waals surface area contributed by atoms with E-state index in [9.17, 15) is 8.42 Å². The summed E-state index contributed by atoms with van der Waals surface area (Å²) in [6.45, 7) is 0. The fourth-order valence-corrected chi connectivity index (χ4v) is 2.39. The Kier molecular flexibility index (Phi) is 1.91. The van der Waals surface area contributed by atoms with E-state index < -0.39 is 15.1 Å². The van der Waals surface area contributed by atoms with Gasteiger partial charge in [0.2, 0.25) is 0 Å². The van der Waals surface area contributed by atoms with Crippen molar-refractivity contribution in [1.82, 2.24) is 15.2 Å². The molecular formula is C7H8N3O2S. The zero-order valence-corrected chi connectivity index (χ0v) is 7.53. The lowest BCUT2D eigenvalue weighted by molar-refractivity contribution is 0.595. The standard InChI is InChI=1S/C7H8N3O2S/c11-13(12)3-1-2-6(13)4-7-8-5-9-10-7/h1-3,5-6H,4H2,(H,8,9,10). The van der Waals surface area contributed by atoms with Gasteiger partial charge in [-0.05, 0) is 0 Å². The van der Waals surface area contributed by atoms with Crippen molar-refractivity contribution < 1.29 is 8.42 Å². The molecular weight excluding hydrogens is 190 g/mol. The SMILES string of the molecule is O=S1(=O)C=C[CH]C1Cc1nc[nH]n1. The molecule has 1 unspecified atom stereocenters. The van der Waals surface area contributed by atoms with Crippen LogP contribution in [0.25, 0.3) is 0 Å².